The Balaban J connectivity index is 1.48. The van der Waals surface area contributed by atoms with Crippen LogP contribution in [0.25, 0.3) is 11.1 Å². The number of carbonyl (C=O) groups excluding carboxylic acids is 1. The minimum Gasteiger partial charge on any atom is -0.469 e. The lowest BCUT2D eigenvalue weighted by Crippen LogP contribution is -2.29. The molecule has 164 valence electrons. The minimum atomic E-state index is -0.306. The number of anilines is 1. The summed E-state index contributed by atoms with van der Waals surface area (Å²) in [6, 6.07) is 18.9. The molecule has 0 spiro atoms. The van der Waals surface area contributed by atoms with E-state index in [9.17, 15) is 9.18 Å². The summed E-state index contributed by atoms with van der Waals surface area (Å²) in [5.74, 6) is 6.81. The third-order valence-corrected chi connectivity index (χ3v) is 4.92. The highest BCUT2D eigenvalue weighted by atomic mass is 19.1. The van der Waals surface area contributed by atoms with Crippen LogP contribution in [0.2, 0.25) is 0 Å². The number of furan rings is 1. The van der Waals surface area contributed by atoms with Gasteiger partial charge in [-0.3, -0.25) is 4.98 Å². The third-order valence-electron chi connectivity index (χ3n) is 4.92. The van der Waals surface area contributed by atoms with E-state index in [0.717, 1.165) is 35.3 Å². The molecular formula is C27H22FN3O2. The molecular weight excluding hydrogens is 417 g/mol. The second-order valence-electron chi connectivity index (χ2n) is 7.32. The topological polar surface area (TPSA) is 67.2 Å². The van der Waals surface area contributed by atoms with E-state index in [1.165, 1.54) is 12.1 Å². The highest BCUT2D eigenvalue weighted by Gasteiger charge is 2.08. The Bertz CT molecular complexity index is 1260. The molecule has 0 unspecified atom stereocenters. The highest BCUT2D eigenvalue weighted by molar-refractivity contribution is 5.90. The Labute approximate surface area is 191 Å². The third kappa shape index (κ3) is 6.31. The fourth-order valence-corrected chi connectivity index (χ4v) is 3.28. The number of aromatic nitrogens is 1. The van der Waals surface area contributed by atoms with Crippen molar-refractivity contribution in [3.05, 3.63) is 108 Å². The molecule has 0 saturated heterocycles. The van der Waals surface area contributed by atoms with E-state index in [1.807, 2.05) is 42.5 Å². The fourth-order valence-electron chi connectivity index (χ4n) is 3.28. The molecule has 0 aliphatic carbocycles. The van der Waals surface area contributed by atoms with Crippen molar-refractivity contribution in [1.29, 1.82) is 0 Å². The molecule has 2 N–H and O–H groups in total. The molecule has 0 fully saturated rings. The second-order valence-corrected chi connectivity index (χ2v) is 7.32. The van der Waals surface area contributed by atoms with Gasteiger partial charge in [0.15, 0.2) is 0 Å². The van der Waals surface area contributed by atoms with Gasteiger partial charge in [-0.1, -0.05) is 17.9 Å². The number of urea groups is 1. The summed E-state index contributed by atoms with van der Waals surface area (Å²) in [6.45, 7) is 0.527. The van der Waals surface area contributed by atoms with Gasteiger partial charge in [0.05, 0.1) is 6.26 Å². The predicted molar refractivity (Wildman–Crippen MR) is 126 cm³/mol. The normalized spacial score (nSPS) is 10.2. The van der Waals surface area contributed by atoms with Crippen molar-refractivity contribution in [3.8, 4) is 23.0 Å². The van der Waals surface area contributed by atoms with Crippen LogP contribution < -0.4 is 10.6 Å². The average molecular weight is 439 g/mol. The van der Waals surface area contributed by atoms with Crippen LogP contribution in [-0.4, -0.2) is 17.6 Å². The molecule has 0 aliphatic heterocycles. The molecule has 5 nitrogen and oxygen atoms in total. The number of aryl methyl sites for hydroxylation is 1. The van der Waals surface area contributed by atoms with Crippen molar-refractivity contribution in [1.82, 2.24) is 10.3 Å². The zero-order chi connectivity index (χ0) is 22.9. The van der Waals surface area contributed by atoms with Crippen LogP contribution in [0, 0.1) is 17.7 Å². The van der Waals surface area contributed by atoms with Gasteiger partial charge in [0.1, 0.15) is 11.6 Å². The molecule has 0 radical (unpaired) electrons. The first kappa shape index (κ1) is 21.8. The summed E-state index contributed by atoms with van der Waals surface area (Å²) in [5.41, 5.74) is 3.93. The first-order valence-electron chi connectivity index (χ1n) is 10.6. The molecule has 2 aromatic carbocycles. The molecule has 0 saturated carbocycles. The Hall–Kier alpha value is -4.37. The Morgan fingerprint density at radius 2 is 1.82 bits per heavy atom. The number of pyridine rings is 1. The van der Waals surface area contributed by atoms with Gasteiger partial charge < -0.3 is 15.1 Å². The van der Waals surface area contributed by atoms with Crippen molar-refractivity contribution in [3.63, 3.8) is 0 Å². The first-order valence-corrected chi connectivity index (χ1v) is 10.6. The fraction of sp³-hybridized carbons (Fsp3) is 0.111. The molecule has 6 heteroatoms. The largest absolute Gasteiger partial charge is 0.469 e. The molecule has 4 aromatic rings. The van der Waals surface area contributed by atoms with Gasteiger partial charge in [-0.05, 0) is 78.2 Å². The summed E-state index contributed by atoms with van der Waals surface area (Å²) in [5, 5.41) is 5.71. The molecule has 4 rings (SSSR count). The van der Waals surface area contributed by atoms with Gasteiger partial charge >= 0.3 is 6.03 Å². The molecule has 2 aromatic heterocycles. The summed E-state index contributed by atoms with van der Waals surface area (Å²) in [6.07, 6.45) is 6.61. The van der Waals surface area contributed by atoms with E-state index >= 15 is 0 Å². The SMILES string of the molecule is O=C(NCCCc1ccco1)Nc1ccc(-c2ccncc2)c(C#Cc2ccc(F)cc2)c1. The number of rotatable bonds is 6. The molecule has 33 heavy (non-hydrogen) atoms. The Morgan fingerprint density at radius 3 is 2.58 bits per heavy atom. The molecule has 0 atom stereocenters. The quantitative estimate of drug-likeness (QED) is 0.302. The number of nitrogens with zero attached hydrogens (tertiary/aromatic N) is 1. The van der Waals surface area contributed by atoms with E-state index in [1.54, 1.807) is 30.8 Å². The van der Waals surface area contributed by atoms with E-state index < -0.39 is 0 Å². The first-order chi connectivity index (χ1) is 16.2. The molecule has 0 aliphatic rings. The maximum atomic E-state index is 13.2. The van der Waals surface area contributed by atoms with Crippen LogP contribution in [-0.2, 0) is 6.42 Å². The Kier molecular flexibility index (Phi) is 7.14. The second kappa shape index (κ2) is 10.8. The smallest absolute Gasteiger partial charge is 0.319 e. The number of benzene rings is 2. The predicted octanol–water partition coefficient (Wildman–Crippen LogP) is 5.63. The summed E-state index contributed by atoms with van der Waals surface area (Å²) >= 11 is 0. The highest BCUT2D eigenvalue weighted by Crippen LogP contribution is 2.26. The lowest BCUT2D eigenvalue weighted by molar-refractivity contribution is 0.252. The number of carbonyl (C=O) groups is 1. The van der Waals surface area contributed by atoms with E-state index in [-0.39, 0.29) is 11.8 Å². The number of halogens is 1. The number of nitrogens with one attached hydrogen (secondary N) is 2. The zero-order valence-corrected chi connectivity index (χ0v) is 17.8. The molecule has 0 bridgehead atoms. The van der Waals surface area contributed by atoms with Crippen LogP contribution in [0.3, 0.4) is 0 Å². The van der Waals surface area contributed by atoms with Gasteiger partial charge in [-0.25, -0.2) is 9.18 Å². The number of amides is 2. The van der Waals surface area contributed by atoms with Gasteiger partial charge in [0.2, 0.25) is 0 Å². The van der Waals surface area contributed by atoms with Crippen molar-refractivity contribution in [2.24, 2.45) is 0 Å². The van der Waals surface area contributed by atoms with Crippen LogP contribution >= 0.6 is 0 Å². The zero-order valence-electron chi connectivity index (χ0n) is 17.8. The van der Waals surface area contributed by atoms with Crippen molar-refractivity contribution < 1.29 is 13.6 Å². The molecule has 2 heterocycles. The van der Waals surface area contributed by atoms with Gasteiger partial charge in [0.25, 0.3) is 0 Å². The van der Waals surface area contributed by atoms with E-state index in [4.69, 9.17) is 4.42 Å². The Morgan fingerprint density at radius 1 is 1.00 bits per heavy atom. The minimum absolute atomic E-state index is 0.288. The summed E-state index contributed by atoms with van der Waals surface area (Å²) < 4.78 is 18.5. The number of hydrogen-bond donors (Lipinski definition) is 2. The van der Waals surface area contributed by atoms with Crippen LogP contribution in [0.1, 0.15) is 23.3 Å². The lowest BCUT2D eigenvalue weighted by Gasteiger charge is -2.10. The lowest BCUT2D eigenvalue weighted by atomic mass is 10.00. The number of hydrogen-bond acceptors (Lipinski definition) is 3. The maximum Gasteiger partial charge on any atom is 0.319 e. The van der Waals surface area contributed by atoms with Crippen LogP contribution in [0.5, 0.6) is 0 Å². The monoisotopic (exact) mass is 439 g/mol. The maximum absolute atomic E-state index is 13.2. The average Bonchev–Trinajstić information content (AvgIpc) is 3.36. The van der Waals surface area contributed by atoms with E-state index in [2.05, 4.69) is 27.5 Å². The van der Waals surface area contributed by atoms with Crippen molar-refractivity contribution >= 4 is 11.7 Å². The van der Waals surface area contributed by atoms with Crippen molar-refractivity contribution in [2.75, 3.05) is 11.9 Å². The standard InChI is InChI=1S/C27H22FN3O2/c28-23-9-6-20(7-10-23)5-8-22-19-24(11-12-26(22)21-13-16-29-17-14-21)31-27(32)30-15-1-3-25-4-2-18-33-25/h2,4,6-7,9-14,16-19H,1,3,15H2,(H2,30,31,32). The van der Waals surface area contributed by atoms with Gasteiger partial charge in [-0.15, -0.1) is 0 Å². The van der Waals surface area contributed by atoms with Crippen molar-refractivity contribution in [2.45, 2.75) is 12.8 Å². The van der Waals surface area contributed by atoms with Crippen LogP contribution in [0.15, 0.2) is 89.8 Å². The van der Waals surface area contributed by atoms with Gasteiger partial charge in [-0.2, -0.15) is 0 Å². The van der Waals surface area contributed by atoms with Gasteiger partial charge in [0, 0.05) is 42.2 Å². The summed E-state index contributed by atoms with van der Waals surface area (Å²) in [4.78, 5) is 16.4. The van der Waals surface area contributed by atoms with Crippen LogP contribution in [0.4, 0.5) is 14.9 Å². The molecule has 2 amide bonds. The summed E-state index contributed by atoms with van der Waals surface area (Å²) in [7, 11) is 0. The van der Waals surface area contributed by atoms with E-state index in [0.29, 0.717) is 17.8 Å².